The smallest absolute Gasteiger partial charge is 0.419 e. The molecule has 5 rings (SSSR count). The van der Waals surface area contributed by atoms with Crippen molar-refractivity contribution in [3.8, 4) is 11.4 Å². The lowest BCUT2D eigenvalue weighted by Crippen LogP contribution is -2.56. The van der Waals surface area contributed by atoms with Gasteiger partial charge in [0.15, 0.2) is 23.2 Å². The standard InChI is InChI=1S/C24H22F5N7O3S/c1-40(38,39)34-7-8-35(14(12-34)9-13-5-3-2-4-6-13)23-31-11-17-20(32-23)22(30)33-36(17)16-10-15(24(27,28)29)18(25)21(37)19(16)26/h2-6,10-11,14,37H,7-9,12H2,1H3,(H2,30,33)/t14-/m1/s1. The van der Waals surface area contributed by atoms with E-state index in [1.807, 2.05) is 30.3 Å². The molecule has 2 aromatic heterocycles. The number of piperazine rings is 1. The monoisotopic (exact) mass is 583 g/mol. The molecule has 10 nitrogen and oxygen atoms in total. The molecule has 1 fully saturated rings. The van der Waals surface area contributed by atoms with Gasteiger partial charge in [0.05, 0.1) is 18.0 Å². The molecule has 0 unspecified atom stereocenters. The topological polar surface area (TPSA) is 130 Å². The maximum atomic E-state index is 14.8. The molecule has 40 heavy (non-hydrogen) atoms. The highest BCUT2D eigenvalue weighted by atomic mass is 32.2. The third-order valence-electron chi connectivity index (χ3n) is 6.61. The van der Waals surface area contributed by atoms with E-state index >= 15 is 0 Å². The number of halogens is 5. The van der Waals surface area contributed by atoms with Crippen LogP contribution in [-0.4, -0.2) is 69.5 Å². The summed E-state index contributed by atoms with van der Waals surface area (Å²) >= 11 is 0. The van der Waals surface area contributed by atoms with Gasteiger partial charge in [0, 0.05) is 25.7 Å². The Labute approximate surface area is 224 Å². The number of sulfonamides is 1. The average molecular weight is 584 g/mol. The lowest BCUT2D eigenvalue weighted by Gasteiger charge is -2.40. The number of alkyl halides is 3. The molecule has 0 saturated carbocycles. The Morgan fingerprint density at radius 1 is 1.12 bits per heavy atom. The Kier molecular flexibility index (Phi) is 6.78. The van der Waals surface area contributed by atoms with Crippen LogP contribution in [0.4, 0.5) is 33.7 Å². The zero-order chi connectivity index (χ0) is 29.0. The zero-order valence-corrected chi connectivity index (χ0v) is 21.6. The number of aromatic hydroxyl groups is 1. The van der Waals surface area contributed by atoms with Gasteiger partial charge in [-0.15, -0.1) is 5.10 Å². The number of nitrogens with zero attached hydrogens (tertiary/aromatic N) is 6. The summed E-state index contributed by atoms with van der Waals surface area (Å²) < 4.78 is 95.2. The molecule has 3 N–H and O–H groups in total. The molecular weight excluding hydrogens is 561 g/mol. The van der Waals surface area contributed by atoms with Crippen LogP contribution in [0.2, 0.25) is 0 Å². The van der Waals surface area contributed by atoms with Crippen molar-refractivity contribution in [1.29, 1.82) is 0 Å². The van der Waals surface area contributed by atoms with E-state index in [0.717, 1.165) is 18.0 Å². The Balaban J connectivity index is 1.57. The van der Waals surface area contributed by atoms with E-state index in [4.69, 9.17) is 5.73 Å². The fourth-order valence-electron chi connectivity index (χ4n) is 4.66. The summed E-state index contributed by atoms with van der Waals surface area (Å²) in [5.74, 6) is -5.80. The number of fused-ring (bicyclic) bond motifs is 1. The van der Waals surface area contributed by atoms with Crippen molar-refractivity contribution in [3.05, 3.63) is 65.4 Å². The molecule has 0 radical (unpaired) electrons. The molecule has 212 valence electrons. The van der Waals surface area contributed by atoms with Crippen LogP contribution < -0.4 is 10.6 Å². The SMILES string of the molecule is CS(=O)(=O)N1CCN(c2ncc3c(n2)c(N)nn3-c2cc(C(F)(F)F)c(F)c(O)c2F)[C@H](Cc2ccccc2)C1. The van der Waals surface area contributed by atoms with E-state index in [1.54, 1.807) is 4.90 Å². The van der Waals surface area contributed by atoms with Gasteiger partial charge in [-0.3, -0.25) is 0 Å². The van der Waals surface area contributed by atoms with Crippen molar-refractivity contribution in [3.63, 3.8) is 0 Å². The largest absolute Gasteiger partial charge is 0.503 e. The Morgan fingerprint density at radius 2 is 1.82 bits per heavy atom. The predicted octanol–water partition coefficient (Wildman–Crippen LogP) is 3.09. The second-order valence-electron chi connectivity index (χ2n) is 9.28. The Bertz CT molecular complexity index is 1700. The molecule has 0 spiro atoms. The number of rotatable bonds is 5. The van der Waals surface area contributed by atoms with Crippen molar-refractivity contribution < 1.29 is 35.5 Å². The minimum atomic E-state index is -5.23. The van der Waals surface area contributed by atoms with Gasteiger partial charge in [0.1, 0.15) is 16.7 Å². The highest BCUT2D eigenvalue weighted by Gasteiger charge is 2.38. The highest BCUT2D eigenvalue weighted by molar-refractivity contribution is 7.88. The number of phenolic OH excluding ortho intramolecular Hbond substituents is 1. The van der Waals surface area contributed by atoms with Gasteiger partial charge in [0.25, 0.3) is 0 Å². The molecule has 1 aliphatic heterocycles. The second-order valence-corrected chi connectivity index (χ2v) is 11.3. The van der Waals surface area contributed by atoms with E-state index in [9.17, 15) is 35.5 Å². The number of hydrogen-bond acceptors (Lipinski definition) is 8. The highest BCUT2D eigenvalue weighted by Crippen LogP contribution is 2.39. The van der Waals surface area contributed by atoms with Gasteiger partial charge in [0.2, 0.25) is 16.0 Å². The first-order valence-electron chi connectivity index (χ1n) is 11.8. The van der Waals surface area contributed by atoms with Gasteiger partial charge in [-0.25, -0.2) is 31.8 Å². The van der Waals surface area contributed by atoms with Crippen LogP contribution in [0.1, 0.15) is 11.1 Å². The summed E-state index contributed by atoms with van der Waals surface area (Å²) in [6.07, 6.45) is -2.50. The van der Waals surface area contributed by atoms with Crippen LogP contribution in [0.15, 0.2) is 42.6 Å². The van der Waals surface area contributed by atoms with Gasteiger partial charge in [-0.2, -0.15) is 17.5 Å². The van der Waals surface area contributed by atoms with E-state index < -0.39 is 44.8 Å². The summed E-state index contributed by atoms with van der Waals surface area (Å²) in [6, 6.07) is 9.13. The zero-order valence-electron chi connectivity index (χ0n) is 20.8. The second kappa shape index (κ2) is 9.85. The predicted molar refractivity (Wildman–Crippen MR) is 135 cm³/mol. The molecule has 0 bridgehead atoms. The van der Waals surface area contributed by atoms with Crippen molar-refractivity contribution >= 4 is 32.8 Å². The normalized spacial score (nSPS) is 17.1. The van der Waals surface area contributed by atoms with Gasteiger partial charge in [-0.05, 0) is 18.1 Å². The number of phenols is 1. The lowest BCUT2D eigenvalue weighted by atomic mass is 10.0. The van der Waals surface area contributed by atoms with E-state index in [0.29, 0.717) is 11.1 Å². The third kappa shape index (κ3) is 4.99. The Morgan fingerprint density at radius 3 is 2.48 bits per heavy atom. The van der Waals surface area contributed by atoms with Crippen LogP contribution in [-0.2, 0) is 22.6 Å². The number of hydrogen-bond donors (Lipinski definition) is 2. The van der Waals surface area contributed by atoms with Crippen molar-refractivity contribution in [2.45, 2.75) is 18.6 Å². The molecule has 3 heterocycles. The van der Waals surface area contributed by atoms with E-state index in [-0.39, 0.29) is 54.5 Å². The maximum Gasteiger partial charge on any atom is 0.419 e. The first-order chi connectivity index (χ1) is 18.8. The van der Waals surface area contributed by atoms with Crippen molar-refractivity contribution in [1.82, 2.24) is 24.1 Å². The fourth-order valence-corrected chi connectivity index (χ4v) is 5.52. The lowest BCUT2D eigenvalue weighted by molar-refractivity contribution is -0.140. The molecule has 16 heteroatoms. The minimum Gasteiger partial charge on any atom is -0.503 e. The molecule has 1 aliphatic rings. The summed E-state index contributed by atoms with van der Waals surface area (Å²) in [5, 5.41) is 13.6. The van der Waals surface area contributed by atoms with Crippen LogP contribution in [0.3, 0.4) is 0 Å². The van der Waals surface area contributed by atoms with Crippen LogP contribution in [0.25, 0.3) is 16.7 Å². The molecule has 0 aliphatic carbocycles. The number of nitrogen functional groups attached to an aromatic ring is 1. The number of anilines is 2. The number of benzene rings is 2. The number of aromatic nitrogens is 4. The van der Waals surface area contributed by atoms with Gasteiger partial charge < -0.3 is 15.7 Å². The van der Waals surface area contributed by atoms with Crippen LogP contribution in [0.5, 0.6) is 5.75 Å². The minimum absolute atomic E-state index is 0.0363. The number of nitrogens with two attached hydrogens (primary N) is 1. The van der Waals surface area contributed by atoms with Crippen LogP contribution in [0, 0.1) is 11.6 Å². The third-order valence-corrected chi connectivity index (χ3v) is 7.88. The molecular formula is C24H22F5N7O3S. The quantitative estimate of drug-likeness (QED) is 0.343. The molecule has 1 saturated heterocycles. The van der Waals surface area contributed by atoms with Gasteiger partial charge >= 0.3 is 6.18 Å². The summed E-state index contributed by atoms with van der Waals surface area (Å²) in [7, 11) is -3.48. The first kappa shape index (κ1) is 27.5. The maximum absolute atomic E-state index is 14.8. The van der Waals surface area contributed by atoms with E-state index in [2.05, 4.69) is 15.1 Å². The van der Waals surface area contributed by atoms with Gasteiger partial charge in [-0.1, -0.05) is 30.3 Å². The first-order valence-corrected chi connectivity index (χ1v) is 13.7. The molecule has 1 atom stereocenters. The molecule has 2 aromatic carbocycles. The molecule has 0 amide bonds. The molecule has 4 aromatic rings. The average Bonchev–Trinajstić information content (AvgIpc) is 3.22. The van der Waals surface area contributed by atoms with Crippen molar-refractivity contribution in [2.75, 3.05) is 36.5 Å². The van der Waals surface area contributed by atoms with Crippen molar-refractivity contribution in [2.24, 2.45) is 0 Å². The van der Waals surface area contributed by atoms with E-state index in [1.165, 1.54) is 4.31 Å². The summed E-state index contributed by atoms with van der Waals surface area (Å²) in [5.41, 5.74) is 3.98. The Hall–Kier alpha value is -4.05. The fraction of sp³-hybridized carbons (Fsp3) is 0.292. The summed E-state index contributed by atoms with van der Waals surface area (Å²) in [6.45, 7) is 0.518. The summed E-state index contributed by atoms with van der Waals surface area (Å²) in [4.78, 5) is 10.5. The van der Waals surface area contributed by atoms with Crippen LogP contribution >= 0.6 is 0 Å².